The predicted molar refractivity (Wildman–Crippen MR) is 76.0 cm³/mol. The van der Waals surface area contributed by atoms with E-state index in [0.29, 0.717) is 18.7 Å². The standard InChI is InChI=1S/C16H16F2N2O2/c17-11-3-4-12(13(18)9-11)14-10-19-15(22-14)5-6-16(21)20-7-1-2-8-20/h3-4,9-10H,1-2,5-8H2. The van der Waals surface area contributed by atoms with E-state index in [1.807, 2.05) is 4.90 Å². The van der Waals surface area contributed by atoms with Crippen LogP contribution < -0.4 is 0 Å². The fraction of sp³-hybridized carbons (Fsp3) is 0.375. The second-order valence-electron chi connectivity index (χ2n) is 5.33. The molecule has 0 spiro atoms. The molecule has 1 fully saturated rings. The topological polar surface area (TPSA) is 46.3 Å². The fourth-order valence-corrected chi connectivity index (χ4v) is 2.58. The predicted octanol–water partition coefficient (Wildman–Crippen LogP) is 3.17. The first-order valence-electron chi connectivity index (χ1n) is 7.31. The SMILES string of the molecule is O=C(CCc1ncc(-c2ccc(F)cc2F)o1)N1CCCC1. The van der Waals surface area contributed by atoms with E-state index in [1.54, 1.807) is 0 Å². The second kappa shape index (κ2) is 6.25. The summed E-state index contributed by atoms with van der Waals surface area (Å²) >= 11 is 0. The summed E-state index contributed by atoms with van der Waals surface area (Å²) < 4.78 is 32.0. The summed E-state index contributed by atoms with van der Waals surface area (Å²) in [6, 6.07) is 3.27. The van der Waals surface area contributed by atoms with Crippen molar-refractivity contribution in [2.75, 3.05) is 13.1 Å². The summed E-state index contributed by atoms with van der Waals surface area (Å²) in [7, 11) is 0. The van der Waals surface area contributed by atoms with E-state index in [2.05, 4.69) is 4.98 Å². The number of benzene rings is 1. The quantitative estimate of drug-likeness (QED) is 0.871. The molecule has 0 aliphatic carbocycles. The van der Waals surface area contributed by atoms with E-state index in [-0.39, 0.29) is 17.2 Å². The molecule has 1 aliphatic rings. The van der Waals surface area contributed by atoms with E-state index in [1.165, 1.54) is 12.3 Å². The van der Waals surface area contributed by atoms with Crippen molar-refractivity contribution in [1.29, 1.82) is 0 Å². The average Bonchev–Trinajstić information content (AvgIpc) is 3.16. The van der Waals surface area contributed by atoms with Crippen LogP contribution in [0, 0.1) is 11.6 Å². The van der Waals surface area contributed by atoms with Crippen molar-refractivity contribution in [2.45, 2.75) is 25.7 Å². The van der Waals surface area contributed by atoms with Crippen LogP contribution in [0.5, 0.6) is 0 Å². The van der Waals surface area contributed by atoms with E-state index >= 15 is 0 Å². The van der Waals surface area contributed by atoms with Crippen LogP contribution >= 0.6 is 0 Å². The molecule has 0 atom stereocenters. The van der Waals surface area contributed by atoms with Crippen LogP contribution in [0.15, 0.2) is 28.8 Å². The molecule has 1 aliphatic heterocycles. The minimum Gasteiger partial charge on any atom is -0.441 e. The van der Waals surface area contributed by atoms with Gasteiger partial charge in [-0.05, 0) is 25.0 Å². The van der Waals surface area contributed by atoms with Crippen molar-refractivity contribution >= 4 is 5.91 Å². The lowest BCUT2D eigenvalue weighted by Crippen LogP contribution is -2.27. The summed E-state index contributed by atoms with van der Waals surface area (Å²) in [5.41, 5.74) is 0.158. The smallest absolute Gasteiger partial charge is 0.223 e. The molecule has 1 aromatic heterocycles. The zero-order valence-electron chi connectivity index (χ0n) is 12.0. The van der Waals surface area contributed by atoms with Crippen LogP contribution in [0.25, 0.3) is 11.3 Å². The maximum absolute atomic E-state index is 13.7. The average molecular weight is 306 g/mol. The van der Waals surface area contributed by atoms with E-state index in [9.17, 15) is 13.6 Å². The minimum atomic E-state index is -0.698. The Labute approximate surface area is 126 Å². The highest BCUT2D eigenvalue weighted by Gasteiger charge is 2.18. The fourth-order valence-electron chi connectivity index (χ4n) is 2.58. The van der Waals surface area contributed by atoms with Gasteiger partial charge in [-0.3, -0.25) is 4.79 Å². The molecule has 3 rings (SSSR count). The molecule has 0 bridgehead atoms. The van der Waals surface area contributed by atoms with Gasteiger partial charge in [-0.2, -0.15) is 0 Å². The molecule has 116 valence electrons. The van der Waals surface area contributed by atoms with Crippen LogP contribution in [0.2, 0.25) is 0 Å². The van der Waals surface area contributed by atoms with Gasteiger partial charge >= 0.3 is 0 Å². The highest BCUT2D eigenvalue weighted by atomic mass is 19.1. The molecule has 1 aromatic carbocycles. The van der Waals surface area contributed by atoms with Crippen molar-refractivity contribution in [3.05, 3.63) is 41.9 Å². The number of aromatic nitrogens is 1. The lowest BCUT2D eigenvalue weighted by atomic mass is 10.2. The van der Waals surface area contributed by atoms with Crippen molar-refractivity contribution in [3.63, 3.8) is 0 Å². The van der Waals surface area contributed by atoms with E-state index in [0.717, 1.165) is 38.1 Å². The molecular formula is C16H16F2N2O2. The lowest BCUT2D eigenvalue weighted by Gasteiger charge is -2.14. The summed E-state index contributed by atoms with van der Waals surface area (Å²) in [6.45, 7) is 1.63. The number of nitrogens with zero attached hydrogens (tertiary/aromatic N) is 2. The summed E-state index contributed by atoms with van der Waals surface area (Å²) in [5, 5.41) is 0. The Hall–Kier alpha value is -2.24. The number of hydrogen-bond acceptors (Lipinski definition) is 3. The van der Waals surface area contributed by atoms with Crippen molar-refractivity contribution in [3.8, 4) is 11.3 Å². The Morgan fingerprint density at radius 3 is 2.77 bits per heavy atom. The molecular weight excluding hydrogens is 290 g/mol. The number of amides is 1. The lowest BCUT2D eigenvalue weighted by molar-refractivity contribution is -0.130. The van der Waals surface area contributed by atoms with Gasteiger partial charge in [0, 0.05) is 32.0 Å². The van der Waals surface area contributed by atoms with Gasteiger partial charge in [-0.1, -0.05) is 0 Å². The van der Waals surface area contributed by atoms with Gasteiger partial charge in [-0.15, -0.1) is 0 Å². The molecule has 4 nitrogen and oxygen atoms in total. The number of carbonyl (C=O) groups excluding carboxylic acids is 1. The van der Waals surface area contributed by atoms with Gasteiger partial charge in [0.2, 0.25) is 5.91 Å². The van der Waals surface area contributed by atoms with Gasteiger partial charge in [0.25, 0.3) is 0 Å². The highest BCUT2D eigenvalue weighted by molar-refractivity contribution is 5.76. The zero-order chi connectivity index (χ0) is 15.5. The molecule has 1 amide bonds. The normalized spacial score (nSPS) is 14.5. The first-order valence-corrected chi connectivity index (χ1v) is 7.31. The molecule has 0 unspecified atom stereocenters. The van der Waals surface area contributed by atoms with Crippen LogP contribution in [0.4, 0.5) is 8.78 Å². The number of hydrogen-bond donors (Lipinski definition) is 0. The first-order chi connectivity index (χ1) is 10.6. The molecule has 1 saturated heterocycles. The van der Waals surface area contributed by atoms with E-state index in [4.69, 9.17) is 4.42 Å². The first kappa shape index (κ1) is 14.7. The van der Waals surface area contributed by atoms with Gasteiger partial charge in [0.05, 0.1) is 11.8 Å². The number of carbonyl (C=O) groups is 1. The highest BCUT2D eigenvalue weighted by Crippen LogP contribution is 2.24. The molecule has 0 N–H and O–H groups in total. The Morgan fingerprint density at radius 2 is 2.05 bits per heavy atom. The Morgan fingerprint density at radius 1 is 1.27 bits per heavy atom. The zero-order valence-corrected chi connectivity index (χ0v) is 12.0. The van der Waals surface area contributed by atoms with Crippen molar-refractivity contribution in [1.82, 2.24) is 9.88 Å². The second-order valence-corrected chi connectivity index (χ2v) is 5.33. The van der Waals surface area contributed by atoms with Gasteiger partial charge in [0.15, 0.2) is 11.7 Å². The molecule has 2 heterocycles. The number of halogens is 2. The van der Waals surface area contributed by atoms with Crippen LogP contribution in [0.3, 0.4) is 0 Å². The van der Waals surface area contributed by atoms with Crippen LogP contribution in [0.1, 0.15) is 25.2 Å². The number of oxazole rings is 1. The molecule has 2 aromatic rings. The molecule has 0 radical (unpaired) electrons. The Kier molecular flexibility index (Phi) is 4.18. The molecule has 6 heteroatoms. The largest absolute Gasteiger partial charge is 0.441 e. The molecule has 22 heavy (non-hydrogen) atoms. The Bertz CT molecular complexity index is 679. The van der Waals surface area contributed by atoms with E-state index < -0.39 is 11.6 Å². The monoisotopic (exact) mass is 306 g/mol. The number of aryl methyl sites for hydroxylation is 1. The maximum Gasteiger partial charge on any atom is 0.223 e. The van der Waals surface area contributed by atoms with Crippen LogP contribution in [-0.2, 0) is 11.2 Å². The summed E-state index contributed by atoms with van der Waals surface area (Å²) in [5.74, 6) is -0.634. The number of likely N-dealkylation sites (tertiary alicyclic amines) is 1. The maximum atomic E-state index is 13.7. The van der Waals surface area contributed by atoms with Gasteiger partial charge < -0.3 is 9.32 Å². The van der Waals surface area contributed by atoms with Crippen molar-refractivity contribution < 1.29 is 18.0 Å². The Balaban J connectivity index is 1.64. The third-order valence-electron chi connectivity index (χ3n) is 3.76. The van der Waals surface area contributed by atoms with Crippen molar-refractivity contribution in [2.24, 2.45) is 0 Å². The van der Waals surface area contributed by atoms with Gasteiger partial charge in [0.1, 0.15) is 11.6 Å². The number of rotatable bonds is 4. The van der Waals surface area contributed by atoms with Gasteiger partial charge in [-0.25, -0.2) is 13.8 Å². The molecule has 0 saturated carbocycles. The van der Waals surface area contributed by atoms with Crippen LogP contribution in [-0.4, -0.2) is 28.9 Å². The third kappa shape index (κ3) is 3.16. The summed E-state index contributed by atoms with van der Waals surface area (Å²) in [6.07, 6.45) is 4.20. The minimum absolute atomic E-state index is 0.0882. The third-order valence-corrected chi connectivity index (χ3v) is 3.76. The summed E-state index contributed by atoms with van der Waals surface area (Å²) in [4.78, 5) is 17.8.